The average molecular weight is 471 g/mol. The van der Waals surface area contributed by atoms with Gasteiger partial charge in [0.2, 0.25) is 5.88 Å². The third kappa shape index (κ3) is 4.67. The van der Waals surface area contributed by atoms with Gasteiger partial charge in [-0.3, -0.25) is 15.0 Å². The fraction of sp³-hybridized carbons (Fsp3) is 0.308. The van der Waals surface area contributed by atoms with E-state index >= 15 is 0 Å². The number of rotatable bonds is 6. The molecule has 0 spiro atoms. The van der Waals surface area contributed by atoms with Crippen LogP contribution in [0.3, 0.4) is 0 Å². The highest BCUT2D eigenvalue weighted by Gasteiger charge is 2.32. The molecule has 0 atom stereocenters. The molecule has 1 N–H and O–H groups in total. The van der Waals surface area contributed by atoms with Gasteiger partial charge in [0, 0.05) is 55.1 Å². The number of hydrogen-bond acceptors (Lipinski definition) is 7. The number of ether oxygens (including phenoxy) is 2. The van der Waals surface area contributed by atoms with Gasteiger partial charge in [0.15, 0.2) is 0 Å². The summed E-state index contributed by atoms with van der Waals surface area (Å²) in [5, 5.41) is 7.92. The lowest BCUT2D eigenvalue weighted by atomic mass is 10.0. The SMILES string of the molecule is O=C1OCCN1C1CCN(Cc2ccc3cc(Oc4ccc(-c5ccn[nH]5)cn4)ccc3n2)CC1. The molecule has 178 valence electrons. The maximum absolute atomic E-state index is 11.8. The van der Waals surface area contributed by atoms with Gasteiger partial charge in [0.25, 0.3) is 0 Å². The first-order chi connectivity index (χ1) is 17.2. The second-order valence-electron chi connectivity index (χ2n) is 8.93. The summed E-state index contributed by atoms with van der Waals surface area (Å²) < 4.78 is 11.1. The number of piperidine rings is 1. The van der Waals surface area contributed by atoms with Crippen LogP contribution in [-0.2, 0) is 11.3 Å². The zero-order valence-corrected chi connectivity index (χ0v) is 19.3. The van der Waals surface area contributed by atoms with Gasteiger partial charge >= 0.3 is 6.09 Å². The standard InChI is InChI=1S/C26H26N6O3/c33-26-32(13-14-34-26)21-8-11-31(12-9-21)17-20-3-1-18-15-22(4-5-23(18)29-20)35-25-6-2-19(16-27-25)24-7-10-28-30-24/h1-7,10,15-16,21H,8-9,11-14,17H2,(H,28,30). The number of nitrogens with one attached hydrogen (secondary N) is 1. The van der Waals surface area contributed by atoms with Crippen molar-refractivity contribution >= 4 is 17.0 Å². The van der Waals surface area contributed by atoms with Gasteiger partial charge in [-0.1, -0.05) is 6.07 Å². The number of aromatic nitrogens is 4. The largest absolute Gasteiger partial charge is 0.448 e. The summed E-state index contributed by atoms with van der Waals surface area (Å²) >= 11 is 0. The lowest BCUT2D eigenvalue weighted by molar-refractivity contribution is 0.115. The van der Waals surface area contributed by atoms with E-state index in [1.165, 1.54) is 0 Å². The molecule has 0 saturated carbocycles. The van der Waals surface area contributed by atoms with Crippen molar-refractivity contribution in [1.82, 2.24) is 30.0 Å². The van der Waals surface area contributed by atoms with Crippen LogP contribution in [0.2, 0.25) is 0 Å². The van der Waals surface area contributed by atoms with Crippen LogP contribution in [0.5, 0.6) is 11.6 Å². The lowest BCUT2D eigenvalue weighted by Crippen LogP contribution is -2.45. The average Bonchev–Trinajstić information content (AvgIpc) is 3.57. The third-order valence-electron chi connectivity index (χ3n) is 6.66. The summed E-state index contributed by atoms with van der Waals surface area (Å²) in [4.78, 5) is 25.4. The lowest BCUT2D eigenvalue weighted by Gasteiger charge is -2.35. The number of aromatic amines is 1. The summed E-state index contributed by atoms with van der Waals surface area (Å²) in [5.74, 6) is 1.25. The summed E-state index contributed by atoms with van der Waals surface area (Å²) in [5.41, 5.74) is 3.85. The molecule has 1 amide bonds. The Kier molecular flexibility index (Phi) is 5.75. The topological polar surface area (TPSA) is 96.5 Å². The highest BCUT2D eigenvalue weighted by Crippen LogP contribution is 2.26. The van der Waals surface area contributed by atoms with Gasteiger partial charge in [-0.25, -0.2) is 9.78 Å². The normalized spacial score (nSPS) is 17.1. The van der Waals surface area contributed by atoms with Crippen LogP contribution in [0.25, 0.3) is 22.2 Å². The first-order valence-electron chi connectivity index (χ1n) is 11.9. The van der Waals surface area contributed by atoms with Crippen molar-refractivity contribution < 1.29 is 14.3 Å². The Hall–Kier alpha value is -3.98. The molecule has 6 rings (SSSR count). The number of H-pyrrole nitrogens is 1. The number of carbonyl (C=O) groups excluding carboxylic acids is 1. The number of cyclic esters (lactones) is 1. The highest BCUT2D eigenvalue weighted by molar-refractivity contribution is 5.80. The zero-order chi connectivity index (χ0) is 23.6. The molecule has 2 aliphatic heterocycles. The second kappa shape index (κ2) is 9.34. The molecule has 2 fully saturated rings. The van der Waals surface area contributed by atoms with Crippen LogP contribution in [-0.4, -0.2) is 68.3 Å². The van der Waals surface area contributed by atoms with Crippen LogP contribution in [0.1, 0.15) is 18.5 Å². The molecular formula is C26H26N6O3. The van der Waals surface area contributed by atoms with Gasteiger partial charge in [-0.05, 0) is 49.2 Å². The van der Waals surface area contributed by atoms with E-state index in [1.807, 2.05) is 41.3 Å². The number of amides is 1. The fourth-order valence-corrected chi connectivity index (χ4v) is 4.79. The van der Waals surface area contributed by atoms with Crippen molar-refractivity contribution in [3.8, 4) is 22.9 Å². The molecule has 4 aromatic rings. The number of carbonyl (C=O) groups is 1. The van der Waals surface area contributed by atoms with Crippen LogP contribution in [0.4, 0.5) is 4.79 Å². The number of benzene rings is 1. The Bertz CT molecular complexity index is 1320. The molecule has 0 aliphatic carbocycles. The molecule has 35 heavy (non-hydrogen) atoms. The van der Waals surface area contributed by atoms with Crippen LogP contribution in [0, 0.1) is 0 Å². The van der Waals surface area contributed by atoms with Gasteiger partial charge in [0.1, 0.15) is 12.4 Å². The molecule has 3 aromatic heterocycles. The molecule has 0 unspecified atom stereocenters. The molecule has 1 aromatic carbocycles. The summed E-state index contributed by atoms with van der Waals surface area (Å²) in [7, 11) is 0. The number of nitrogens with zero attached hydrogens (tertiary/aromatic N) is 5. The first-order valence-corrected chi connectivity index (χ1v) is 11.9. The van der Waals surface area contributed by atoms with Crippen molar-refractivity contribution in [2.24, 2.45) is 0 Å². The smallest absolute Gasteiger partial charge is 0.410 e. The van der Waals surface area contributed by atoms with Crippen molar-refractivity contribution in [1.29, 1.82) is 0 Å². The summed E-state index contributed by atoms with van der Waals surface area (Å²) in [6.07, 6.45) is 5.26. The van der Waals surface area contributed by atoms with E-state index in [-0.39, 0.29) is 6.09 Å². The van der Waals surface area contributed by atoms with Crippen molar-refractivity contribution in [2.45, 2.75) is 25.4 Å². The maximum Gasteiger partial charge on any atom is 0.410 e. The zero-order valence-electron chi connectivity index (χ0n) is 19.3. The van der Waals surface area contributed by atoms with Crippen LogP contribution >= 0.6 is 0 Å². The molecule has 0 bridgehead atoms. The van der Waals surface area contributed by atoms with E-state index in [2.05, 4.69) is 32.2 Å². The fourth-order valence-electron chi connectivity index (χ4n) is 4.79. The van der Waals surface area contributed by atoms with Crippen LogP contribution in [0.15, 0.2) is 60.9 Å². The van der Waals surface area contributed by atoms with E-state index in [0.717, 1.165) is 66.1 Å². The number of likely N-dealkylation sites (tertiary alicyclic amines) is 1. The molecule has 2 saturated heterocycles. The van der Waals surface area contributed by atoms with Crippen molar-refractivity contribution in [3.63, 3.8) is 0 Å². The number of fused-ring (bicyclic) bond motifs is 1. The maximum atomic E-state index is 11.8. The highest BCUT2D eigenvalue weighted by atomic mass is 16.6. The van der Waals surface area contributed by atoms with Gasteiger partial charge < -0.3 is 14.4 Å². The minimum absolute atomic E-state index is 0.162. The predicted molar refractivity (Wildman–Crippen MR) is 130 cm³/mol. The summed E-state index contributed by atoms with van der Waals surface area (Å²) in [6.45, 7) is 3.94. The van der Waals surface area contributed by atoms with E-state index < -0.39 is 0 Å². The van der Waals surface area contributed by atoms with Crippen molar-refractivity contribution in [3.05, 3.63) is 66.6 Å². The van der Waals surface area contributed by atoms with E-state index in [4.69, 9.17) is 14.5 Å². The Balaban J connectivity index is 1.08. The Labute approximate surface area is 202 Å². The van der Waals surface area contributed by atoms with Crippen molar-refractivity contribution in [2.75, 3.05) is 26.2 Å². The molecule has 9 nitrogen and oxygen atoms in total. The van der Waals surface area contributed by atoms with Gasteiger partial charge in [-0.2, -0.15) is 5.10 Å². The van der Waals surface area contributed by atoms with Crippen LogP contribution < -0.4 is 4.74 Å². The minimum atomic E-state index is -0.162. The molecular weight excluding hydrogens is 444 g/mol. The Morgan fingerprint density at radius 3 is 2.71 bits per heavy atom. The van der Waals surface area contributed by atoms with E-state index in [9.17, 15) is 4.79 Å². The Morgan fingerprint density at radius 1 is 1.06 bits per heavy atom. The Morgan fingerprint density at radius 2 is 1.97 bits per heavy atom. The van der Waals surface area contributed by atoms with Gasteiger partial charge in [-0.15, -0.1) is 0 Å². The number of pyridine rings is 2. The number of hydrogen-bond donors (Lipinski definition) is 1. The third-order valence-corrected chi connectivity index (χ3v) is 6.66. The van der Waals surface area contributed by atoms with E-state index in [0.29, 0.717) is 25.1 Å². The molecule has 5 heterocycles. The molecule has 2 aliphatic rings. The minimum Gasteiger partial charge on any atom is -0.448 e. The van der Waals surface area contributed by atoms with E-state index in [1.54, 1.807) is 12.4 Å². The molecule has 0 radical (unpaired) electrons. The molecule has 9 heteroatoms. The van der Waals surface area contributed by atoms with Gasteiger partial charge in [0.05, 0.1) is 23.4 Å². The quantitative estimate of drug-likeness (QED) is 0.450. The monoisotopic (exact) mass is 470 g/mol. The summed E-state index contributed by atoms with van der Waals surface area (Å²) in [6, 6.07) is 16.0. The second-order valence-corrected chi connectivity index (χ2v) is 8.93. The first kappa shape index (κ1) is 21.5. The predicted octanol–water partition coefficient (Wildman–Crippen LogP) is 4.23.